The first-order valence-electron chi connectivity index (χ1n) is 12.2. The van der Waals surface area contributed by atoms with Crippen molar-refractivity contribution in [2.24, 2.45) is 17.4 Å². The maximum absolute atomic E-state index is 13.2. The summed E-state index contributed by atoms with van der Waals surface area (Å²) < 4.78 is 0. The maximum Gasteiger partial charge on any atom is 0.326 e. The van der Waals surface area contributed by atoms with Crippen molar-refractivity contribution in [2.75, 3.05) is 0 Å². The Morgan fingerprint density at radius 1 is 0.789 bits per heavy atom. The Bertz CT molecular complexity index is 985. The normalized spacial score (nSPS) is 14.0. The Labute approximate surface area is 220 Å². The van der Waals surface area contributed by atoms with Crippen LogP contribution in [0.4, 0.5) is 0 Å². The number of aliphatic carboxylic acids is 2. The second kappa shape index (κ2) is 16.0. The summed E-state index contributed by atoms with van der Waals surface area (Å²) in [4.78, 5) is 72.3. The number of hydrogen-bond acceptors (Lipinski definition) is 7. The van der Waals surface area contributed by atoms with Crippen LogP contribution in [0.3, 0.4) is 0 Å². The number of nitrogens with two attached hydrogens (primary N) is 2. The van der Waals surface area contributed by atoms with Gasteiger partial charge in [0.1, 0.15) is 18.1 Å². The Morgan fingerprint density at radius 2 is 1.34 bits per heavy atom. The van der Waals surface area contributed by atoms with Crippen LogP contribution in [0.2, 0.25) is 0 Å². The summed E-state index contributed by atoms with van der Waals surface area (Å²) in [6, 6.07) is 3.82. The van der Waals surface area contributed by atoms with Crippen LogP contribution in [0.5, 0.6) is 0 Å². The van der Waals surface area contributed by atoms with E-state index in [-0.39, 0.29) is 44.4 Å². The predicted octanol–water partition coefficient (Wildman–Crippen LogP) is -0.728. The number of carbonyl (C=O) groups excluding carboxylic acids is 4. The van der Waals surface area contributed by atoms with Gasteiger partial charge in [-0.05, 0) is 30.7 Å². The molecule has 0 aliphatic carbocycles. The van der Waals surface area contributed by atoms with Gasteiger partial charge >= 0.3 is 11.9 Å². The first kappa shape index (κ1) is 32.0. The van der Waals surface area contributed by atoms with Gasteiger partial charge in [-0.15, -0.1) is 0 Å². The van der Waals surface area contributed by atoms with E-state index in [1.165, 1.54) is 0 Å². The number of nitrogens with one attached hydrogen (secondary N) is 3. The molecule has 210 valence electrons. The van der Waals surface area contributed by atoms with Gasteiger partial charge in [-0.2, -0.15) is 0 Å². The monoisotopic (exact) mass is 535 g/mol. The SMILES string of the molecule is CC(C)CC(NC(=O)C(N)CCC(=O)O)C(=O)NC(Cc1ccccc1)C(=O)NC(CCC(N)=O)C(=O)O. The molecule has 0 heterocycles. The van der Waals surface area contributed by atoms with Gasteiger partial charge in [0, 0.05) is 19.3 Å². The third-order valence-electron chi connectivity index (χ3n) is 5.56. The minimum absolute atomic E-state index is 0.0149. The van der Waals surface area contributed by atoms with Crippen molar-refractivity contribution < 1.29 is 39.0 Å². The first-order valence-corrected chi connectivity index (χ1v) is 12.2. The highest BCUT2D eigenvalue weighted by molar-refractivity contribution is 5.94. The molecule has 38 heavy (non-hydrogen) atoms. The van der Waals surface area contributed by atoms with Crippen molar-refractivity contribution in [3.8, 4) is 0 Å². The Balaban J connectivity index is 3.10. The van der Waals surface area contributed by atoms with Gasteiger partial charge in [-0.25, -0.2) is 4.79 Å². The topological polar surface area (TPSA) is 231 Å². The number of carbonyl (C=O) groups is 6. The van der Waals surface area contributed by atoms with E-state index >= 15 is 0 Å². The van der Waals surface area contributed by atoms with E-state index in [0.717, 1.165) is 0 Å². The number of amides is 4. The maximum atomic E-state index is 13.2. The average Bonchev–Trinajstić information content (AvgIpc) is 2.83. The molecule has 1 rings (SSSR count). The highest BCUT2D eigenvalue weighted by Crippen LogP contribution is 2.09. The van der Waals surface area contributed by atoms with Crippen LogP contribution in [0.25, 0.3) is 0 Å². The van der Waals surface area contributed by atoms with Crippen LogP contribution in [-0.2, 0) is 35.2 Å². The lowest BCUT2D eigenvalue weighted by molar-refractivity contribution is -0.142. The highest BCUT2D eigenvalue weighted by Gasteiger charge is 2.31. The number of carboxylic acid groups (broad SMARTS) is 2. The van der Waals surface area contributed by atoms with Gasteiger partial charge < -0.3 is 37.6 Å². The summed E-state index contributed by atoms with van der Waals surface area (Å²) in [5.41, 5.74) is 11.5. The van der Waals surface area contributed by atoms with Crippen LogP contribution in [0.1, 0.15) is 51.5 Å². The quantitative estimate of drug-likeness (QED) is 0.133. The highest BCUT2D eigenvalue weighted by atomic mass is 16.4. The number of benzene rings is 1. The second-order valence-electron chi connectivity index (χ2n) is 9.38. The molecule has 0 spiro atoms. The van der Waals surface area contributed by atoms with Gasteiger partial charge in [-0.1, -0.05) is 44.2 Å². The molecule has 0 aromatic heterocycles. The minimum Gasteiger partial charge on any atom is -0.481 e. The number of rotatable bonds is 17. The van der Waals surface area contributed by atoms with E-state index < -0.39 is 59.7 Å². The smallest absolute Gasteiger partial charge is 0.326 e. The van der Waals surface area contributed by atoms with Crippen molar-refractivity contribution in [3.63, 3.8) is 0 Å². The number of hydrogen-bond donors (Lipinski definition) is 7. The third kappa shape index (κ3) is 12.3. The molecular formula is C25H37N5O8. The van der Waals surface area contributed by atoms with Crippen molar-refractivity contribution in [3.05, 3.63) is 35.9 Å². The van der Waals surface area contributed by atoms with Crippen molar-refractivity contribution in [1.82, 2.24) is 16.0 Å². The number of carboxylic acids is 2. The molecule has 13 heteroatoms. The molecule has 1 aromatic rings. The van der Waals surface area contributed by atoms with Crippen molar-refractivity contribution in [1.29, 1.82) is 0 Å². The van der Waals surface area contributed by atoms with E-state index in [2.05, 4.69) is 16.0 Å². The molecule has 0 fully saturated rings. The Hall–Kier alpha value is -4.00. The predicted molar refractivity (Wildman–Crippen MR) is 136 cm³/mol. The third-order valence-corrected chi connectivity index (χ3v) is 5.56. The molecule has 4 atom stereocenters. The summed E-state index contributed by atoms with van der Waals surface area (Å²) in [5, 5.41) is 25.7. The molecule has 13 nitrogen and oxygen atoms in total. The average molecular weight is 536 g/mol. The van der Waals surface area contributed by atoms with Crippen LogP contribution < -0.4 is 27.4 Å². The summed E-state index contributed by atoms with van der Waals surface area (Å²) >= 11 is 0. The lowest BCUT2D eigenvalue weighted by Gasteiger charge is -2.26. The summed E-state index contributed by atoms with van der Waals surface area (Å²) in [6.07, 6.45) is -0.742. The molecule has 1 aromatic carbocycles. The zero-order valence-corrected chi connectivity index (χ0v) is 21.5. The molecule has 4 unspecified atom stereocenters. The minimum atomic E-state index is -1.41. The summed E-state index contributed by atoms with van der Waals surface area (Å²) in [6.45, 7) is 3.64. The van der Waals surface area contributed by atoms with Crippen LogP contribution in [0.15, 0.2) is 30.3 Å². The van der Waals surface area contributed by atoms with Crippen molar-refractivity contribution >= 4 is 35.6 Å². The van der Waals surface area contributed by atoms with Gasteiger partial charge in [-0.3, -0.25) is 24.0 Å². The molecule has 9 N–H and O–H groups in total. The molecule has 0 saturated carbocycles. The zero-order chi connectivity index (χ0) is 28.8. The Kier molecular flexibility index (Phi) is 13.5. The standard InChI is InChI=1S/C25H37N5O8/c1-14(2)12-18(29-22(34)16(26)8-11-21(32)33)23(35)30-19(13-15-6-4-3-5-7-15)24(36)28-17(25(37)38)9-10-20(27)31/h3-7,14,16-19H,8-13,26H2,1-2H3,(H2,27,31)(H,28,36)(H,29,34)(H,30,35)(H,32,33)(H,37,38). The van der Waals surface area contributed by atoms with E-state index in [1.807, 2.05) is 13.8 Å². The Morgan fingerprint density at radius 3 is 1.87 bits per heavy atom. The molecule has 4 amide bonds. The fraction of sp³-hybridized carbons (Fsp3) is 0.520. The van der Waals surface area contributed by atoms with E-state index in [4.69, 9.17) is 16.6 Å². The zero-order valence-electron chi connectivity index (χ0n) is 21.5. The molecule has 0 aliphatic rings. The van der Waals surface area contributed by atoms with Gasteiger partial charge in [0.25, 0.3) is 0 Å². The molecule has 0 bridgehead atoms. The number of primary amides is 1. The first-order chi connectivity index (χ1) is 17.8. The van der Waals surface area contributed by atoms with Gasteiger partial charge in [0.05, 0.1) is 6.04 Å². The van der Waals surface area contributed by atoms with Crippen LogP contribution in [-0.4, -0.2) is 69.9 Å². The lowest BCUT2D eigenvalue weighted by Crippen LogP contribution is -2.58. The van der Waals surface area contributed by atoms with E-state index in [0.29, 0.717) is 5.56 Å². The van der Waals surface area contributed by atoms with E-state index in [9.17, 15) is 33.9 Å². The summed E-state index contributed by atoms with van der Waals surface area (Å²) in [5.74, 6) is -5.47. The molecular weight excluding hydrogens is 498 g/mol. The van der Waals surface area contributed by atoms with Gasteiger partial charge in [0.2, 0.25) is 23.6 Å². The summed E-state index contributed by atoms with van der Waals surface area (Å²) in [7, 11) is 0. The van der Waals surface area contributed by atoms with Crippen LogP contribution >= 0.6 is 0 Å². The molecule has 0 saturated heterocycles. The fourth-order valence-corrected chi connectivity index (χ4v) is 3.54. The molecule has 0 aliphatic heterocycles. The molecule has 0 radical (unpaired) electrons. The van der Waals surface area contributed by atoms with Gasteiger partial charge in [0.15, 0.2) is 0 Å². The lowest BCUT2D eigenvalue weighted by atomic mass is 10.00. The van der Waals surface area contributed by atoms with Crippen LogP contribution in [0, 0.1) is 5.92 Å². The van der Waals surface area contributed by atoms with E-state index in [1.54, 1.807) is 30.3 Å². The second-order valence-corrected chi connectivity index (χ2v) is 9.38. The van der Waals surface area contributed by atoms with Crippen molar-refractivity contribution in [2.45, 2.75) is 76.5 Å². The fourth-order valence-electron chi connectivity index (χ4n) is 3.54. The largest absolute Gasteiger partial charge is 0.481 e.